The van der Waals surface area contributed by atoms with Crippen molar-refractivity contribution in [2.45, 2.75) is 32.8 Å². The number of carbonyl (C=O) groups is 1. The zero-order valence-corrected chi connectivity index (χ0v) is 9.91. The molecule has 0 aliphatic carbocycles. The van der Waals surface area contributed by atoms with Crippen LogP contribution in [-0.4, -0.2) is 17.0 Å². The Labute approximate surface area is 99.3 Å². The first-order valence-electron chi connectivity index (χ1n) is 5.68. The van der Waals surface area contributed by atoms with E-state index in [4.69, 9.17) is 0 Å². The Bertz CT molecular complexity index is 380. The van der Waals surface area contributed by atoms with Crippen LogP contribution in [0.4, 0.5) is 8.78 Å². The minimum atomic E-state index is -1.20. The third-order valence-corrected chi connectivity index (χ3v) is 2.91. The zero-order chi connectivity index (χ0) is 13.0. The molecule has 1 unspecified atom stereocenters. The summed E-state index contributed by atoms with van der Waals surface area (Å²) >= 11 is 0. The van der Waals surface area contributed by atoms with Gasteiger partial charge in [0.2, 0.25) is 0 Å². The summed E-state index contributed by atoms with van der Waals surface area (Å²) in [5, 5.41) is 9.82. The Kier molecular flexibility index (Phi) is 4.75. The predicted octanol–water partition coefficient (Wildman–Crippen LogP) is 2.94. The fraction of sp³-hybridized carbons (Fsp3) is 0.462. The summed E-state index contributed by atoms with van der Waals surface area (Å²) < 4.78 is 25.9. The van der Waals surface area contributed by atoms with Gasteiger partial charge in [-0.2, -0.15) is 0 Å². The Morgan fingerprint density at radius 3 is 2.06 bits per heavy atom. The van der Waals surface area contributed by atoms with Gasteiger partial charge in [0.15, 0.2) is 5.78 Å². The summed E-state index contributed by atoms with van der Waals surface area (Å²) in [7, 11) is 0. The molecular formula is C13H16F2O2. The first kappa shape index (κ1) is 13.8. The van der Waals surface area contributed by atoms with Gasteiger partial charge in [-0.15, -0.1) is 0 Å². The van der Waals surface area contributed by atoms with Crippen LogP contribution in [0.25, 0.3) is 0 Å². The molecule has 0 aromatic heterocycles. The van der Waals surface area contributed by atoms with E-state index in [0.29, 0.717) is 18.9 Å². The normalized spacial score (nSPS) is 12.8. The van der Waals surface area contributed by atoms with E-state index < -0.39 is 23.5 Å². The van der Waals surface area contributed by atoms with Crippen LogP contribution in [0.5, 0.6) is 0 Å². The quantitative estimate of drug-likeness (QED) is 0.806. The number of halogens is 2. The molecule has 1 N–H and O–H groups in total. The maximum absolute atomic E-state index is 12.9. The molecule has 17 heavy (non-hydrogen) atoms. The van der Waals surface area contributed by atoms with Gasteiger partial charge in [-0.05, 0) is 18.1 Å². The van der Waals surface area contributed by atoms with Crippen molar-refractivity contribution >= 4 is 5.78 Å². The summed E-state index contributed by atoms with van der Waals surface area (Å²) in [4.78, 5) is 11.8. The maximum atomic E-state index is 12.9. The lowest BCUT2D eigenvalue weighted by atomic mass is 9.91. The van der Waals surface area contributed by atoms with Crippen LogP contribution in [0.15, 0.2) is 18.2 Å². The fourth-order valence-corrected chi connectivity index (χ4v) is 1.82. The van der Waals surface area contributed by atoms with E-state index in [-0.39, 0.29) is 11.5 Å². The molecule has 0 spiro atoms. The first-order valence-corrected chi connectivity index (χ1v) is 5.68. The van der Waals surface area contributed by atoms with Crippen molar-refractivity contribution in [3.05, 3.63) is 35.4 Å². The molecule has 1 atom stereocenters. The number of aliphatic hydroxyl groups is 1. The van der Waals surface area contributed by atoms with Gasteiger partial charge in [0.25, 0.3) is 0 Å². The molecule has 1 aromatic carbocycles. The molecule has 4 heteroatoms. The third-order valence-electron chi connectivity index (χ3n) is 2.91. The van der Waals surface area contributed by atoms with E-state index in [9.17, 15) is 18.7 Å². The lowest BCUT2D eigenvalue weighted by Crippen LogP contribution is -2.29. The van der Waals surface area contributed by atoms with Crippen molar-refractivity contribution in [1.29, 1.82) is 0 Å². The molecular weight excluding hydrogens is 226 g/mol. The van der Waals surface area contributed by atoms with Crippen molar-refractivity contribution in [1.82, 2.24) is 0 Å². The van der Waals surface area contributed by atoms with Crippen molar-refractivity contribution in [2.75, 3.05) is 0 Å². The lowest BCUT2D eigenvalue weighted by molar-refractivity contribution is 0.0587. The van der Waals surface area contributed by atoms with Gasteiger partial charge in [-0.3, -0.25) is 4.79 Å². The molecule has 2 nitrogen and oxygen atoms in total. The van der Waals surface area contributed by atoms with Crippen LogP contribution in [0.1, 0.15) is 37.0 Å². The average molecular weight is 242 g/mol. The molecule has 0 amide bonds. The Morgan fingerprint density at radius 1 is 1.18 bits per heavy atom. The summed E-state index contributed by atoms with van der Waals surface area (Å²) in [6.45, 7) is 3.72. The molecule has 1 rings (SSSR count). The van der Waals surface area contributed by atoms with Crippen LogP contribution in [-0.2, 0) is 0 Å². The van der Waals surface area contributed by atoms with E-state index in [0.717, 1.165) is 12.1 Å². The highest BCUT2D eigenvalue weighted by Crippen LogP contribution is 2.18. The Hall–Kier alpha value is -1.29. The average Bonchev–Trinajstić information content (AvgIpc) is 2.28. The first-order chi connectivity index (χ1) is 7.99. The van der Waals surface area contributed by atoms with Gasteiger partial charge >= 0.3 is 0 Å². The molecule has 0 radical (unpaired) electrons. The van der Waals surface area contributed by atoms with Gasteiger partial charge in [0.1, 0.15) is 17.7 Å². The second-order valence-corrected chi connectivity index (χ2v) is 4.04. The smallest absolute Gasteiger partial charge is 0.191 e. The zero-order valence-electron chi connectivity index (χ0n) is 9.91. The van der Waals surface area contributed by atoms with E-state index in [2.05, 4.69) is 0 Å². The predicted molar refractivity (Wildman–Crippen MR) is 60.8 cm³/mol. The van der Waals surface area contributed by atoms with E-state index >= 15 is 0 Å². The van der Waals surface area contributed by atoms with E-state index in [1.165, 1.54) is 0 Å². The number of rotatable bonds is 5. The summed E-state index contributed by atoms with van der Waals surface area (Å²) in [5.41, 5.74) is -0.123. The number of hydrogen-bond donors (Lipinski definition) is 1. The number of benzene rings is 1. The van der Waals surface area contributed by atoms with Gasteiger partial charge in [-0.25, -0.2) is 8.78 Å². The fourth-order valence-electron chi connectivity index (χ4n) is 1.82. The van der Waals surface area contributed by atoms with Crippen LogP contribution in [0.3, 0.4) is 0 Å². The molecule has 0 aliphatic rings. The van der Waals surface area contributed by atoms with Crippen LogP contribution < -0.4 is 0 Å². The molecule has 0 aliphatic heterocycles. The van der Waals surface area contributed by atoms with Crippen molar-refractivity contribution in [2.24, 2.45) is 5.92 Å². The lowest BCUT2D eigenvalue weighted by Gasteiger charge is -2.18. The minimum Gasteiger partial charge on any atom is -0.385 e. The van der Waals surface area contributed by atoms with Crippen molar-refractivity contribution in [3.8, 4) is 0 Å². The highest BCUT2D eigenvalue weighted by Gasteiger charge is 2.25. The largest absolute Gasteiger partial charge is 0.385 e. The number of carbonyl (C=O) groups excluding carboxylic acids is 1. The Balaban J connectivity index is 2.95. The van der Waals surface area contributed by atoms with Gasteiger partial charge < -0.3 is 5.11 Å². The number of hydrogen-bond acceptors (Lipinski definition) is 2. The molecule has 0 heterocycles. The van der Waals surface area contributed by atoms with Crippen molar-refractivity contribution in [3.63, 3.8) is 0 Å². The number of Topliss-reactive ketones (excluding diaryl/α,β-unsaturated/α-hetero) is 1. The summed E-state index contributed by atoms with van der Waals surface area (Å²) in [6.07, 6.45) is 0.0776. The van der Waals surface area contributed by atoms with Gasteiger partial charge in [-0.1, -0.05) is 26.7 Å². The Morgan fingerprint density at radius 2 is 1.65 bits per heavy atom. The maximum Gasteiger partial charge on any atom is 0.191 e. The third kappa shape index (κ3) is 3.33. The molecule has 0 bridgehead atoms. The SMILES string of the molecule is CCC(CC)C(O)C(=O)c1cc(F)cc(F)c1. The van der Waals surface area contributed by atoms with Crippen LogP contribution in [0.2, 0.25) is 0 Å². The molecule has 94 valence electrons. The highest BCUT2D eigenvalue weighted by molar-refractivity contribution is 5.99. The highest BCUT2D eigenvalue weighted by atomic mass is 19.1. The van der Waals surface area contributed by atoms with Gasteiger partial charge in [0.05, 0.1) is 0 Å². The standard InChI is InChI=1S/C13H16F2O2/c1-3-8(4-2)12(16)13(17)9-5-10(14)7-11(15)6-9/h5-8,12,16H,3-4H2,1-2H3. The van der Waals surface area contributed by atoms with E-state index in [1.807, 2.05) is 13.8 Å². The van der Waals surface area contributed by atoms with Gasteiger partial charge in [0, 0.05) is 11.6 Å². The van der Waals surface area contributed by atoms with Crippen LogP contribution >= 0.6 is 0 Å². The molecule has 0 saturated heterocycles. The number of aliphatic hydroxyl groups excluding tert-OH is 1. The summed E-state index contributed by atoms with van der Waals surface area (Å²) in [6, 6.07) is 2.58. The monoisotopic (exact) mass is 242 g/mol. The molecule has 0 fully saturated rings. The summed E-state index contributed by atoms with van der Waals surface area (Å²) in [5.74, 6) is -2.44. The number of ketones is 1. The second kappa shape index (κ2) is 5.87. The minimum absolute atomic E-state index is 0.123. The molecule has 0 saturated carbocycles. The molecule has 1 aromatic rings. The van der Waals surface area contributed by atoms with Crippen LogP contribution in [0, 0.1) is 17.6 Å². The topological polar surface area (TPSA) is 37.3 Å². The van der Waals surface area contributed by atoms with E-state index in [1.54, 1.807) is 0 Å². The second-order valence-electron chi connectivity index (χ2n) is 4.04. The van der Waals surface area contributed by atoms with Crippen molar-refractivity contribution < 1.29 is 18.7 Å².